The number of carbonyl (C=O) groups is 1. The molecule has 1 aliphatic carbocycles. The molecule has 1 aromatic heterocycles. The van der Waals surface area contributed by atoms with Crippen LogP contribution in [-0.2, 0) is 9.53 Å². The molecule has 2 atom stereocenters. The van der Waals surface area contributed by atoms with Gasteiger partial charge < -0.3 is 14.4 Å². The molecule has 1 aromatic rings. The summed E-state index contributed by atoms with van der Waals surface area (Å²) < 4.78 is 11.7. The second kappa shape index (κ2) is 7.16. The van der Waals surface area contributed by atoms with Gasteiger partial charge in [-0.3, -0.25) is 9.78 Å². The lowest BCUT2D eigenvalue weighted by atomic mass is 9.82. The van der Waals surface area contributed by atoms with Crippen LogP contribution in [0.1, 0.15) is 32.1 Å². The Hall–Kier alpha value is -1.88. The van der Waals surface area contributed by atoms with Gasteiger partial charge in [-0.2, -0.15) is 0 Å². The second-order valence-corrected chi connectivity index (χ2v) is 7.61. The monoisotopic (exact) mass is 342 g/mol. The Morgan fingerprint density at radius 3 is 3.20 bits per heavy atom. The first-order chi connectivity index (χ1) is 12.3. The molecule has 5 nitrogen and oxygen atoms in total. The number of fused-ring (bicyclic) bond motifs is 1. The quantitative estimate of drug-likeness (QED) is 0.772. The topological polar surface area (TPSA) is 51.7 Å². The SMILES string of the molecule is O=C(CC1=CCCCC1)N1C[C@@H]2COC[C@]2(COc2cccnc2)C1. The van der Waals surface area contributed by atoms with Crippen LogP contribution in [0, 0.1) is 11.3 Å². The summed E-state index contributed by atoms with van der Waals surface area (Å²) in [5.74, 6) is 1.41. The largest absolute Gasteiger partial charge is 0.491 e. The van der Waals surface area contributed by atoms with Crippen LogP contribution in [0.4, 0.5) is 0 Å². The van der Waals surface area contributed by atoms with Crippen molar-refractivity contribution >= 4 is 5.91 Å². The number of pyridine rings is 1. The molecule has 3 heterocycles. The highest BCUT2D eigenvalue weighted by Crippen LogP contribution is 2.42. The van der Waals surface area contributed by atoms with Crippen LogP contribution in [0.25, 0.3) is 0 Å². The third-order valence-electron chi connectivity index (χ3n) is 5.80. The number of carbonyl (C=O) groups excluding carboxylic acids is 1. The highest BCUT2D eigenvalue weighted by Gasteiger charge is 2.52. The molecular weight excluding hydrogens is 316 g/mol. The zero-order chi connectivity index (χ0) is 17.1. The van der Waals surface area contributed by atoms with Crippen molar-refractivity contribution in [3.63, 3.8) is 0 Å². The summed E-state index contributed by atoms with van der Waals surface area (Å²) in [6, 6.07) is 3.79. The average Bonchev–Trinajstić information content (AvgIpc) is 3.19. The lowest BCUT2D eigenvalue weighted by Crippen LogP contribution is -2.38. The molecule has 0 aromatic carbocycles. The number of ether oxygens (including phenoxy) is 2. The highest BCUT2D eigenvalue weighted by molar-refractivity contribution is 5.79. The van der Waals surface area contributed by atoms with E-state index >= 15 is 0 Å². The van der Waals surface area contributed by atoms with Gasteiger partial charge in [0.05, 0.1) is 31.4 Å². The maximum atomic E-state index is 12.8. The molecule has 0 saturated carbocycles. The van der Waals surface area contributed by atoms with E-state index in [0.29, 0.717) is 25.6 Å². The van der Waals surface area contributed by atoms with Crippen molar-refractivity contribution < 1.29 is 14.3 Å². The minimum Gasteiger partial charge on any atom is -0.491 e. The molecule has 0 N–H and O–H groups in total. The van der Waals surface area contributed by atoms with E-state index in [1.807, 2.05) is 17.0 Å². The van der Waals surface area contributed by atoms with E-state index in [1.165, 1.54) is 18.4 Å². The highest BCUT2D eigenvalue weighted by atomic mass is 16.5. The Labute approximate surface area is 149 Å². The van der Waals surface area contributed by atoms with Crippen molar-refractivity contribution in [3.05, 3.63) is 36.2 Å². The van der Waals surface area contributed by atoms with Crippen LogP contribution < -0.4 is 4.74 Å². The molecule has 4 rings (SSSR count). The first-order valence-corrected chi connectivity index (χ1v) is 9.31. The molecule has 5 heteroatoms. The van der Waals surface area contributed by atoms with Gasteiger partial charge >= 0.3 is 0 Å². The lowest BCUT2D eigenvalue weighted by molar-refractivity contribution is -0.130. The number of rotatable bonds is 5. The van der Waals surface area contributed by atoms with E-state index in [4.69, 9.17) is 9.47 Å². The van der Waals surface area contributed by atoms with Gasteiger partial charge in [0.1, 0.15) is 5.75 Å². The first kappa shape index (κ1) is 16.6. The summed E-state index contributed by atoms with van der Waals surface area (Å²) in [5, 5.41) is 0. The molecule has 2 aliphatic heterocycles. The van der Waals surface area contributed by atoms with Crippen LogP contribution in [0.15, 0.2) is 36.2 Å². The number of allylic oxidation sites excluding steroid dienone is 1. The fraction of sp³-hybridized carbons (Fsp3) is 0.600. The van der Waals surface area contributed by atoms with Gasteiger partial charge in [-0.25, -0.2) is 0 Å². The van der Waals surface area contributed by atoms with Crippen molar-refractivity contribution in [3.8, 4) is 5.75 Å². The summed E-state index contributed by atoms with van der Waals surface area (Å²) in [6.07, 6.45) is 11.0. The van der Waals surface area contributed by atoms with E-state index in [1.54, 1.807) is 12.4 Å². The van der Waals surface area contributed by atoms with Gasteiger partial charge in [-0.05, 0) is 37.8 Å². The number of nitrogens with zero attached hydrogens (tertiary/aromatic N) is 2. The molecule has 0 spiro atoms. The second-order valence-electron chi connectivity index (χ2n) is 7.61. The third-order valence-corrected chi connectivity index (χ3v) is 5.80. The molecule has 0 bridgehead atoms. The van der Waals surface area contributed by atoms with E-state index < -0.39 is 0 Å². The molecule has 3 aliphatic rings. The van der Waals surface area contributed by atoms with Crippen molar-refractivity contribution in [1.82, 2.24) is 9.88 Å². The van der Waals surface area contributed by atoms with Crippen molar-refractivity contribution in [1.29, 1.82) is 0 Å². The van der Waals surface area contributed by atoms with E-state index in [9.17, 15) is 4.79 Å². The normalized spacial score (nSPS) is 28.6. The summed E-state index contributed by atoms with van der Waals surface area (Å²) in [5.41, 5.74) is 1.25. The molecule has 2 fully saturated rings. The van der Waals surface area contributed by atoms with Crippen LogP contribution >= 0.6 is 0 Å². The zero-order valence-electron chi connectivity index (χ0n) is 14.7. The molecule has 1 amide bonds. The fourth-order valence-corrected chi connectivity index (χ4v) is 4.26. The minimum atomic E-state index is -0.0769. The van der Waals surface area contributed by atoms with E-state index in [0.717, 1.165) is 38.3 Å². The standard InChI is InChI=1S/C20H26N2O3/c23-19(9-16-5-2-1-3-6-16)22-11-17-12-24-14-20(17,13-22)15-25-18-7-4-8-21-10-18/h4-5,7-8,10,17H,1-3,6,9,11-15H2/t17-,20+/m1/s1. The molecule has 0 unspecified atom stereocenters. The first-order valence-electron chi connectivity index (χ1n) is 9.31. The number of amides is 1. The predicted octanol–water partition coefficient (Wildman–Crippen LogP) is 2.83. The van der Waals surface area contributed by atoms with Gasteiger partial charge in [0, 0.05) is 31.6 Å². The number of aromatic nitrogens is 1. The summed E-state index contributed by atoms with van der Waals surface area (Å²) in [6.45, 7) is 3.51. The Kier molecular flexibility index (Phi) is 4.75. The smallest absolute Gasteiger partial charge is 0.226 e. The van der Waals surface area contributed by atoms with Gasteiger partial charge in [-0.1, -0.05) is 11.6 Å². The minimum absolute atomic E-state index is 0.0769. The zero-order valence-corrected chi connectivity index (χ0v) is 14.7. The average molecular weight is 342 g/mol. The van der Waals surface area contributed by atoms with Crippen LogP contribution in [0.3, 0.4) is 0 Å². The Morgan fingerprint density at radius 2 is 2.40 bits per heavy atom. The number of hydrogen-bond acceptors (Lipinski definition) is 4. The van der Waals surface area contributed by atoms with E-state index in [2.05, 4.69) is 11.1 Å². The maximum Gasteiger partial charge on any atom is 0.226 e. The molecule has 25 heavy (non-hydrogen) atoms. The third kappa shape index (κ3) is 3.56. The Balaban J connectivity index is 1.39. The molecular formula is C20H26N2O3. The van der Waals surface area contributed by atoms with Gasteiger partial charge in [0.25, 0.3) is 0 Å². The van der Waals surface area contributed by atoms with Gasteiger partial charge in [0.2, 0.25) is 5.91 Å². The predicted molar refractivity (Wildman–Crippen MR) is 94.2 cm³/mol. The van der Waals surface area contributed by atoms with Crippen LogP contribution in [-0.4, -0.2) is 48.7 Å². The lowest BCUT2D eigenvalue weighted by Gasteiger charge is -2.27. The summed E-state index contributed by atoms with van der Waals surface area (Å²) >= 11 is 0. The van der Waals surface area contributed by atoms with Gasteiger partial charge in [-0.15, -0.1) is 0 Å². The van der Waals surface area contributed by atoms with Crippen molar-refractivity contribution in [2.75, 3.05) is 32.9 Å². The summed E-state index contributed by atoms with van der Waals surface area (Å²) in [4.78, 5) is 18.9. The summed E-state index contributed by atoms with van der Waals surface area (Å²) in [7, 11) is 0. The Morgan fingerprint density at radius 1 is 1.44 bits per heavy atom. The van der Waals surface area contributed by atoms with Crippen molar-refractivity contribution in [2.45, 2.75) is 32.1 Å². The van der Waals surface area contributed by atoms with Crippen LogP contribution in [0.5, 0.6) is 5.75 Å². The molecule has 0 radical (unpaired) electrons. The van der Waals surface area contributed by atoms with Crippen LogP contribution in [0.2, 0.25) is 0 Å². The molecule has 2 saturated heterocycles. The van der Waals surface area contributed by atoms with Crippen molar-refractivity contribution in [2.24, 2.45) is 11.3 Å². The maximum absolute atomic E-state index is 12.8. The van der Waals surface area contributed by atoms with Gasteiger partial charge in [0.15, 0.2) is 0 Å². The van der Waals surface area contributed by atoms with E-state index in [-0.39, 0.29) is 11.3 Å². The Bertz CT molecular complexity index is 646. The number of hydrogen-bond donors (Lipinski definition) is 0. The molecule has 134 valence electrons. The number of likely N-dealkylation sites (tertiary alicyclic amines) is 1. The fourth-order valence-electron chi connectivity index (χ4n) is 4.26.